The Morgan fingerprint density at radius 2 is 2.31 bits per heavy atom. The van der Waals surface area contributed by atoms with Crippen LogP contribution in [0.4, 0.5) is 5.69 Å². The Hall–Kier alpha value is -1.64. The molecule has 3 nitrogen and oxygen atoms in total. The minimum Gasteiger partial charge on any atom is -0.258 e. The van der Waals surface area contributed by atoms with E-state index in [9.17, 15) is 10.1 Å². The quantitative estimate of drug-likeness (QED) is 0.526. The molecule has 0 aliphatic heterocycles. The third-order valence-electron chi connectivity index (χ3n) is 1.96. The molecule has 13 heavy (non-hydrogen) atoms. The average Bonchev–Trinajstić information content (AvgIpc) is 2.16. The Bertz CT molecular complexity index is 345. The number of nitrogens with zero attached hydrogens (tertiary/aromatic N) is 1. The first-order valence-electron chi connectivity index (χ1n) is 4.09. The summed E-state index contributed by atoms with van der Waals surface area (Å²) >= 11 is 0. The number of hydrogen-bond acceptors (Lipinski definition) is 2. The lowest BCUT2D eigenvalue weighted by molar-refractivity contribution is -0.385. The Kier molecular flexibility index (Phi) is 2.80. The first kappa shape index (κ1) is 9.45. The van der Waals surface area contributed by atoms with Gasteiger partial charge >= 0.3 is 0 Å². The lowest BCUT2D eigenvalue weighted by atomic mass is 10.0. The fraction of sp³-hybridized carbons (Fsp3) is 0.200. The molecule has 0 fully saturated rings. The van der Waals surface area contributed by atoms with Crippen molar-refractivity contribution < 1.29 is 4.92 Å². The Morgan fingerprint density at radius 1 is 1.62 bits per heavy atom. The maximum absolute atomic E-state index is 10.6. The molecule has 1 rings (SSSR count). The van der Waals surface area contributed by atoms with Crippen molar-refractivity contribution in [3.05, 3.63) is 46.0 Å². The normalized spacial score (nSPS) is 9.62. The minimum absolute atomic E-state index is 0.180. The van der Waals surface area contributed by atoms with Gasteiger partial charge in [-0.05, 0) is 12.0 Å². The van der Waals surface area contributed by atoms with E-state index in [4.69, 9.17) is 0 Å². The molecule has 0 N–H and O–H groups in total. The summed E-state index contributed by atoms with van der Waals surface area (Å²) in [7, 11) is 0. The van der Waals surface area contributed by atoms with Crippen LogP contribution >= 0.6 is 0 Å². The van der Waals surface area contributed by atoms with E-state index < -0.39 is 0 Å². The number of benzene rings is 1. The van der Waals surface area contributed by atoms with Crippen LogP contribution in [0.1, 0.15) is 18.1 Å². The minimum atomic E-state index is -0.355. The molecule has 0 saturated heterocycles. The molecule has 0 unspecified atom stereocenters. The highest BCUT2D eigenvalue weighted by Gasteiger charge is 2.13. The SMILES string of the molecule is C=Cc1cccc([N+](=O)[O-])c1CC. The van der Waals surface area contributed by atoms with Crippen LogP contribution in [0, 0.1) is 10.1 Å². The summed E-state index contributed by atoms with van der Waals surface area (Å²) in [4.78, 5) is 10.3. The summed E-state index contributed by atoms with van der Waals surface area (Å²) in [5, 5.41) is 10.6. The van der Waals surface area contributed by atoms with Gasteiger partial charge in [-0.1, -0.05) is 31.7 Å². The zero-order valence-electron chi connectivity index (χ0n) is 7.49. The molecule has 0 saturated carbocycles. The van der Waals surface area contributed by atoms with Gasteiger partial charge in [0.2, 0.25) is 0 Å². The van der Waals surface area contributed by atoms with E-state index in [1.807, 2.05) is 13.0 Å². The van der Waals surface area contributed by atoms with Gasteiger partial charge in [-0.2, -0.15) is 0 Å². The lowest BCUT2D eigenvalue weighted by Crippen LogP contribution is -1.96. The van der Waals surface area contributed by atoms with E-state index in [1.54, 1.807) is 12.1 Å². The second kappa shape index (κ2) is 3.85. The number of rotatable bonds is 3. The van der Waals surface area contributed by atoms with Crippen LogP contribution in [-0.4, -0.2) is 4.92 Å². The van der Waals surface area contributed by atoms with Gasteiger partial charge in [0, 0.05) is 11.6 Å². The molecule has 68 valence electrons. The zero-order chi connectivity index (χ0) is 9.84. The fourth-order valence-electron chi connectivity index (χ4n) is 1.34. The monoisotopic (exact) mass is 177 g/mol. The van der Waals surface area contributed by atoms with Crippen molar-refractivity contribution in [1.82, 2.24) is 0 Å². The maximum atomic E-state index is 10.6. The summed E-state index contributed by atoms with van der Waals surface area (Å²) in [5.74, 6) is 0. The Morgan fingerprint density at radius 3 is 2.77 bits per heavy atom. The topological polar surface area (TPSA) is 43.1 Å². The number of nitro groups is 1. The van der Waals surface area contributed by atoms with Gasteiger partial charge < -0.3 is 0 Å². The molecule has 0 radical (unpaired) electrons. The lowest BCUT2D eigenvalue weighted by Gasteiger charge is -2.03. The molecule has 0 spiro atoms. The highest BCUT2D eigenvalue weighted by atomic mass is 16.6. The average molecular weight is 177 g/mol. The van der Waals surface area contributed by atoms with Crippen LogP contribution in [0.2, 0.25) is 0 Å². The highest BCUT2D eigenvalue weighted by molar-refractivity contribution is 5.58. The van der Waals surface area contributed by atoms with Crippen molar-refractivity contribution in [2.75, 3.05) is 0 Å². The summed E-state index contributed by atoms with van der Waals surface area (Å²) in [5.41, 5.74) is 1.78. The highest BCUT2D eigenvalue weighted by Crippen LogP contribution is 2.23. The third-order valence-corrected chi connectivity index (χ3v) is 1.96. The summed E-state index contributed by atoms with van der Waals surface area (Å²) in [6.45, 7) is 5.52. The van der Waals surface area contributed by atoms with Crippen LogP contribution in [0.15, 0.2) is 24.8 Å². The van der Waals surface area contributed by atoms with Gasteiger partial charge in [0.05, 0.1) is 4.92 Å². The smallest absolute Gasteiger partial charge is 0.258 e. The van der Waals surface area contributed by atoms with Crippen molar-refractivity contribution >= 4 is 11.8 Å². The van der Waals surface area contributed by atoms with Gasteiger partial charge in [0.25, 0.3) is 5.69 Å². The van der Waals surface area contributed by atoms with E-state index in [-0.39, 0.29) is 10.6 Å². The van der Waals surface area contributed by atoms with E-state index in [0.29, 0.717) is 6.42 Å². The Balaban J connectivity index is 3.35. The molecule has 1 aromatic rings. The third kappa shape index (κ3) is 1.75. The predicted octanol–water partition coefficient (Wildman–Crippen LogP) is 2.80. The molecule has 0 aliphatic rings. The van der Waals surface area contributed by atoms with Crippen molar-refractivity contribution in [2.24, 2.45) is 0 Å². The first-order valence-corrected chi connectivity index (χ1v) is 4.09. The molecular formula is C10H11NO2. The molecule has 1 aromatic carbocycles. The van der Waals surface area contributed by atoms with Crippen LogP contribution in [0.5, 0.6) is 0 Å². The number of nitro benzene ring substituents is 1. The maximum Gasteiger partial charge on any atom is 0.273 e. The van der Waals surface area contributed by atoms with Gasteiger partial charge in [0.1, 0.15) is 0 Å². The van der Waals surface area contributed by atoms with E-state index in [2.05, 4.69) is 6.58 Å². The predicted molar refractivity (Wildman–Crippen MR) is 52.6 cm³/mol. The van der Waals surface area contributed by atoms with Crippen molar-refractivity contribution in [3.63, 3.8) is 0 Å². The molecule has 0 amide bonds. The molecule has 0 atom stereocenters. The largest absolute Gasteiger partial charge is 0.273 e. The van der Waals surface area contributed by atoms with Gasteiger partial charge in [0.15, 0.2) is 0 Å². The second-order valence-corrected chi connectivity index (χ2v) is 2.66. The summed E-state index contributed by atoms with van der Waals surface area (Å²) < 4.78 is 0. The molecule has 3 heteroatoms. The first-order chi connectivity index (χ1) is 6.20. The second-order valence-electron chi connectivity index (χ2n) is 2.66. The van der Waals surface area contributed by atoms with Gasteiger partial charge in [-0.3, -0.25) is 10.1 Å². The van der Waals surface area contributed by atoms with E-state index >= 15 is 0 Å². The van der Waals surface area contributed by atoms with Gasteiger partial charge in [-0.25, -0.2) is 0 Å². The van der Waals surface area contributed by atoms with E-state index in [1.165, 1.54) is 6.07 Å². The van der Waals surface area contributed by atoms with Crippen molar-refractivity contribution in [3.8, 4) is 0 Å². The standard InChI is InChI=1S/C10H11NO2/c1-3-8-6-5-7-10(11(12)13)9(8)4-2/h3,5-7H,1,4H2,2H3. The molecule has 0 heterocycles. The molecular weight excluding hydrogens is 166 g/mol. The Labute approximate surface area is 76.9 Å². The van der Waals surface area contributed by atoms with Crippen LogP contribution in [-0.2, 0) is 6.42 Å². The van der Waals surface area contributed by atoms with Gasteiger partial charge in [-0.15, -0.1) is 0 Å². The molecule has 0 bridgehead atoms. The van der Waals surface area contributed by atoms with Crippen LogP contribution < -0.4 is 0 Å². The van der Waals surface area contributed by atoms with Crippen molar-refractivity contribution in [2.45, 2.75) is 13.3 Å². The summed E-state index contributed by atoms with van der Waals surface area (Å²) in [6.07, 6.45) is 2.30. The zero-order valence-corrected chi connectivity index (χ0v) is 7.49. The number of hydrogen-bond donors (Lipinski definition) is 0. The van der Waals surface area contributed by atoms with E-state index in [0.717, 1.165) is 11.1 Å². The fourth-order valence-corrected chi connectivity index (χ4v) is 1.34. The van der Waals surface area contributed by atoms with Crippen molar-refractivity contribution in [1.29, 1.82) is 0 Å². The molecule has 0 aliphatic carbocycles. The van der Waals surface area contributed by atoms with Crippen LogP contribution in [0.25, 0.3) is 6.08 Å². The molecule has 0 aromatic heterocycles. The summed E-state index contributed by atoms with van der Waals surface area (Å²) in [6, 6.07) is 5.03. The van der Waals surface area contributed by atoms with Crippen LogP contribution in [0.3, 0.4) is 0 Å².